The Morgan fingerprint density at radius 1 is 1.57 bits per heavy atom. The second kappa shape index (κ2) is 4.96. The average Bonchev–Trinajstić information content (AvgIpc) is 2.14. The third-order valence-electron chi connectivity index (χ3n) is 1.93. The molecule has 14 heavy (non-hydrogen) atoms. The quantitative estimate of drug-likeness (QED) is 0.570. The molecule has 0 fully saturated rings. The standard InChI is InChI=1S/C10H13ClN2O/c1-3-13(10(11)14)7-9-6-4-5-8(2)12-9/h4-6H,3,7H2,1-2H3. The number of carbonyl (C=O) groups is 1. The van der Waals surface area contributed by atoms with Gasteiger partial charge in [0, 0.05) is 12.2 Å². The third-order valence-corrected chi connectivity index (χ3v) is 2.17. The Balaban J connectivity index is 2.72. The topological polar surface area (TPSA) is 33.2 Å². The largest absolute Gasteiger partial charge is 0.324 e. The SMILES string of the molecule is CCN(Cc1cccc(C)n1)C(=O)Cl. The summed E-state index contributed by atoms with van der Waals surface area (Å²) < 4.78 is 0. The first-order valence-corrected chi connectivity index (χ1v) is 4.88. The fraction of sp³-hybridized carbons (Fsp3) is 0.400. The van der Waals surface area contributed by atoms with Crippen molar-refractivity contribution < 1.29 is 4.79 Å². The molecule has 3 nitrogen and oxygen atoms in total. The number of rotatable bonds is 3. The summed E-state index contributed by atoms with van der Waals surface area (Å²) in [6.45, 7) is 4.87. The maximum absolute atomic E-state index is 10.9. The zero-order valence-electron chi connectivity index (χ0n) is 8.33. The molecule has 0 aliphatic rings. The van der Waals surface area contributed by atoms with Crippen LogP contribution in [-0.2, 0) is 6.54 Å². The molecule has 1 heterocycles. The van der Waals surface area contributed by atoms with Crippen molar-refractivity contribution in [2.45, 2.75) is 20.4 Å². The van der Waals surface area contributed by atoms with E-state index in [1.807, 2.05) is 32.0 Å². The van der Waals surface area contributed by atoms with Gasteiger partial charge in [-0.15, -0.1) is 0 Å². The van der Waals surface area contributed by atoms with Gasteiger partial charge in [-0.1, -0.05) is 6.07 Å². The van der Waals surface area contributed by atoms with Gasteiger partial charge in [-0.25, -0.2) is 0 Å². The van der Waals surface area contributed by atoms with E-state index in [1.165, 1.54) is 4.90 Å². The molecule has 1 rings (SSSR count). The predicted molar refractivity (Wildman–Crippen MR) is 56.3 cm³/mol. The van der Waals surface area contributed by atoms with Crippen LogP contribution in [0.25, 0.3) is 0 Å². The van der Waals surface area contributed by atoms with Crippen molar-refractivity contribution in [3.63, 3.8) is 0 Å². The van der Waals surface area contributed by atoms with Crippen LogP contribution >= 0.6 is 11.6 Å². The number of aromatic nitrogens is 1. The monoisotopic (exact) mass is 212 g/mol. The molecule has 0 aromatic carbocycles. The van der Waals surface area contributed by atoms with Crippen LogP contribution in [0.4, 0.5) is 4.79 Å². The van der Waals surface area contributed by atoms with E-state index < -0.39 is 5.37 Å². The lowest BCUT2D eigenvalue weighted by atomic mass is 10.3. The molecule has 0 unspecified atom stereocenters. The van der Waals surface area contributed by atoms with E-state index in [2.05, 4.69) is 4.98 Å². The van der Waals surface area contributed by atoms with E-state index in [4.69, 9.17) is 11.6 Å². The van der Waals surface area contributed by atoms with Crippen LogP contribution in [-0.4, -0.2) is 21.8 Å². The van der Waals surface area contributed by atoms with Gasteiger partial charge >= 0.3 is 5.37 Å². The number of carbonyl (C=O) groups excluding carboxylic acids is 1. The summed E-state index contributed by atoms with van der Waals surface area (Å²) >= 11 is 5.39. The van der Waals surface area contributed by atoms with Crippen molar-refractivity contribution in [2.75, 3.05) is 6.54 Å². The van der Waals surface area contributed by atoms with Crippen molar-refractivity contribution in [3.8, 4) is 0 Å². The smallest absolute Gasteiger partial charge is 0.316 e. The number of halogens is 1. The fourth-order valence-electron chi connectivity index (χ4n) is 1.18. The van der Waals surface area contributed by atoms with Gasteiger partial charge in [-0.05, 0) is 37.6 Å². The predicted octanol–water partition coefficient (Wildman–Crippen LogP) is 2.57. The highest BCUT2D eigenvalue weighted by atomic mass is 35.5. The van der Waals surface area contributed by atoms with E-state index in [1.54, 1.807) is 0 Å². The van der Waals surface area contributed by atoms with Gasteiger partial charge < -0.3 is 4.90 Å². The first kappa shape index (κ1) is 11.0. The van der Waals surface area contributed by atoms with Crippen LogP contribution in [0.2, 0.25) is 0 Å². The molecule has 1 aromatic heterocycles. The number of amides is 1. The maximum atomic E-state index is 10.9. The molecule has 4 heteroatoms. The summed E-state index contributed by atoms with van der Waals surface area (Å²) in [4.78, 5) is 16.7. The van der Waals surface area contributed by atoms with Crippen LogP contribution in [0.15, 0.2) is 18.2 Å². The van der Waals surface area contributed by atoms with Gasteiger partial charge in [-0.2, -0.15) is 0 Å². The Morgan fingerprint density at radius 3 is 2.79 bits per heavy atom. The molecule has 76 valence electrons. The molecule has 0 radical (unpaired) electrons. The Kier molecular flexibility index (Phi) is 3.89. The molecule has 0 N–H and O–H groups in total. The van der Waals surface area contributed by atoms with Gasteiger partial charge in [-0.3, -0.25) is 9.78 Å². The van der Waals surface area contributed by atoms with Crippen molar-refractivity contribution >= 4 is 17.0 Å². The normalized spacial score (nSPS) is 9.93. The van der Waals surface area contributed by atoms with Crippen molar-refractivity contribution in [2.24, 2.45) is 0 Å². The van der Waals surface area contributed by atoms with E-state index in [9.17, 15) is 4.79 Å². The summed E-state index contributed by atoms with van der Waals surface area (Å²) in [6, 6.07) is 5.72. The molecular weight excluding hydrogens is 200 g/mol. The highest BCUT2D eigenvalue weighted by Crippen LogP contribution is 2.05. The van der Waals surface area contributed by atoms with Crippen LogP contribution in [0.1, 0.15) is 18.3 Å². The zero-order valence-corrected chi connectivity index (χ0v) is 9.08. The van der Waals surface area contributed by atoms with Crippen molar-refractivity contribution in [3.05, 3.63) is 29.6 Å². The molecule has 0 aliphatic carbocycles. The third kappa shape index (κ3) is 3.00. The summed E-state index contributed by atoms with van der Waals surface area (Å²) in [5, 5.41) is -0.434. The maximum Gasteiger partial charge on any atom is 0.316 e. The molecule has 0 atom stereocenters. The van der Waals surface area contributed by atoms with Crippen LogP contribution in [0, 0.1) is 6.92 Å². The first-order chi connectivity index (χ1) is 6.63. The Labute approximate surface area is 88.7 Å². The van der Waals surface area contributed by atoms with E-state index in [0.29, 0.717) is 13.1 Å². The summed E-state index contributed by atoms with van der Waals surface area (Å²) in [5.74, 6) is 0. The highest BCUT2D eigenvalue weighted by molar-refractivity contribution is 6.62. The number of pyridine rings is 1. The van der Waals surface area contributed by atoms with E-state index in [0.717, 1.165) is 11.4 Å². The number of hydrogen-bond donors (Lipinski definition) is 0. The lowest BCUT2D eigenvalue weighted by molar-refractivity contribution is 0.221. The highest BCUT2D eigenvalue weighted by Gasteiger charge is 2.09. The number of aryl methyl sites for hydroxylation is 1. The Morgan fingerprint density at radius 2 is 2.29 bits per heavy atom. The molecule has 0 saturated heterocycles. The van der Waals surface area contributed by atoms with Gasteiger partial charge in [0.2, 0.25) is 0 Å². The van der Waals surface area contributed by atoms with Crippen LogP contribution in [0.5, 0.6) is 0 Å². The molecule has 0 spiro atoms. The van der Waals surface area contributed by atoms with Crippen LogP contribution in [0.3, 0.4) is 0 Å². The van der Waals surface area contributed by atoms with E-state index in [-0.39, 0.29) is 0 Å². The molecule has 1 amide bonds. The molecule has 0 bridgehead atoms. The zero-order chi connectivity index (χ0) is 10.6. The first-order valence-electron chi connectivity index (χ1n) is 4.50. The second-order valence-electron chi connectivity index (χ2n) is 3.04. The average molecular weight is 213 g/mol. The fourth-order valence-corrected chi connectivity index (χ4v) is 1.36. The summed E-state index contributed by atoms with van der Waals surface area (Å²) in [5.41, 5.74) is 1.81. The lowest BCUT2D eigenvalue weighted by Crippen LogP contribution is -2.25. The van der Waals surface area contributed by atoms with Crippen molar-refractivity contribution in [1.29, 1.82) is 0 Å². The molecule has 1 aromatic rings. The van der Waals surface area contributed by atoms with E-state index >= 15 is 0 Å². The van der Waals surface area contributed by atoms with Gasteiger partial charge in [0.1, 0.15) is 0 Å². The lowest BCUT2D eigenvalue weighted by Gasteiger charge is -2.16. The minimum Gasteiger partial charge on any atom is -0.324 e. The number of hydrogen-bond acceptors (Lipinski definition) is 2. The molecule has 0 saturated carbocycles. The minimum atomic E-state index is -0.434. The Hall–Kier alpha value is -1.09. The minimum absolute atomic E-state index is 0.434. The van der Waals surface area contributed by atoms with Crippen LogP contribution < -0.4 is 0 Å². The number of nitrogens with zero attached hydrogens (tertiary/aromatic N) is 2. The second-order valence-corrected chi connectivity index (χ2v) is 3.36. The van der Waals surface area contributed by atoms with Crippen molar-refractivity contribution in [1.82, 2.24) is 9.88 Å². The summed E-state index contributed by atoms with van der Waals surface area (Å²) in [7, 11) is 0. The van der Waals surface area contributed by atoms with Gasteiger partial charge in [0.25, 0.3) is 0 Å². The summed E-state index contributed by atoms with van der Waals surface area (Å²) in [6.07, 6.45) is 0. The van der Waals surface area contributed by atoms with Gasteiger partial charge in [0.15, 0.2) is 0 Å². The van der Waals surface area contributed by atoms with Gasteiger partial charge in [0.05, 0.1) is 12.2 Å². The molecule has 0 aliphatic heterocycles. The molecular formula is C10H13ClN2O. The Bertz CT molecular complexity index is 328.